The summed E-state index contributed by atoms with van der Waals surface area (Å²) >= 11 is 0. The molecular formula is C30H29F3N6O3. The molecule has 5 rings (SSSR count). The highest BCUT2D eigenvalue weighted by atomic mass is 19.4. The maximum atomic E-state index is 13.8. The Balaban J connectivity index is 1.32. The quantitative estimate of drug-likeness (QED) is 0.262. The van der Waals surface area contributed by atoms with E-state index in [2.05, 4.69) is 25.9 Å². The summed E-state index contributed by atoms with van der Waals surface area (Å²) in [5, 5.41) is 7.99. The molecule has 0 unspecified atom stereocenters. The minimum Gasteiger partial charge on any atom is -0.378 e. The molecule has 42 heavy (non-hydrogen) atoms. The normalized spacial score (nSPS) is 13.7. The first-order chi connectivity index (χ1) is 20.1. The second kappa shape index (κ2) is 12.0. The second-order valence-corrected chi connectivity index (χ2v) is 10.0. The molecule has 3 N–H and O–H groups in total. The summed E-state index contributed by atoms with van der Waals surface area (Å²) in [6, 6.07) is 14.9. The fraction of sp³-hybridized carbons (Fsp3) is 0.267. The van der Waals surface area contributed by atoms with E-state index in [9.17, 15) is 22.8 Å². The average Bonchev–Trinajstić information content (AvgIpc) is 2.96. The van der Waals surface area contributed by atoms with Crippen molar-refractivity contribution in [1.29, 1.82) is 0 Å². The minimum atomic E-state index is -4.60. The van der Waals surface area contributed by atoms with Gasteiger partial charge >= 0.3 is 12.2 Å². The van der Waals surface area contributed by atoms with E-state index in [1.165, 1.54) is 12.1 Å². The summed E-state index contributed by atoms with van der Waals surface area (Å²) in [7, 11) is 0. The Morgan fingerprint density at radius 2 is 1.64 bits per heavy atom. The molecule has 1 saturated heterocycles. The summed E-state index contributed by atoms with van der Waals surface area (Å²) < 4.78 is 46.8. The molecule has 0 spiro atoms. The van der Waals surface area contributed by atoms with Gasteiger partial charge in [-0.2, -0.15) is 13.2 Å². The lowest BCUT2D eigenvalue weighted by atomic mass is 10.1. The zero-order chi connectivity index (χ0) is 29.9. The highest BCUT2D eigenvalue weighted by molar-refractivity contribution is 6.06. The Labute approximate surface area is 240 Å². The molecule has 0 saturated carbocycles. The monoisotopic (exact) mass is 578 g/mol. The number of amides is 3. The molecule has 0 bridgehead atoms. The molecule has 12 heteroatoms. The zero-order valence-electron chi connectivity index (χ0n) is 23.0. The van der Waals surface area contributed by atoms with Crippen LogP contribution >= 0.6 is 0 Å². The number of urea groups is 1. The largest absolute Gasteiger partial charge is 0.418 e. The van der Waals surface area contributed by atoms with Crippen LogP contribution in [0.2, 0.25) is 0 Å². The molecule has 0 radical (unpaired) electrons. The van der Waals surface area contributed by atoms with Crippen LogP contribution in [0.4, 0.5) is 35.0 Å². The van der Waals surface area contributed by atoms with Crippen molar-refractivity contribution in [3.8, 4) is 11.3 Å². The molecule has 3 amide bonds. The van der Waals surface area contributed by atoms with Gasteiger partial charge in [-0.25, -0.2) is 9.78 Å². The predicted molar refractivity (Wildman–Crippen MR) is 155 cm³/mol. The molecule has 9 nitrogen and oxygen atoms in total. The number of nitrogens with one attached hydrogen (secondary N) is 3. The Morgan fingerprint density at radius 3 is 2.33 bits per heavy atom. The van der Waals surface area contributed by atoms with Gasteiger partial charge in [-0.3, -0.25) is 9.78 Å². The van der Waals surface area contributed by atoms with Crippen LogP contribution in [-0.2, 0) is 10.9 Å². The molecule has 218 valence electrons. The number of nitrogens with zero attached hydrogens (tertiary/aromatic N) is 3. The van der Waals surface area contributed by atoms with Crippen LogP contribution in [0.3, 0.4) is 0 Å². The fourth-order valence-electron chi connectivity index (χ4n) is 4.66. The van der Waals surface area contributed by atoms with E-state index in [-0.39, 0.29) is 23.3 Å². The van der Waals surface area contributed by atoms with Crippen molar-refractivity contribution in [3.63, 3.8) is 0 Å². The summed E-state index contributed by atoms with van der Waals surface area (Å²) in [5.41, 5.74) is 2.32. The Kier molecular flexibility index (Phi) is 8.25. The first-order valence-electron chi connectivity index (χ1n) is 13.4. The van der Waals surface area contributed by atoms with Crippen molar-refractivity contribution >= 4 is 40.0 Å². The van der Waals surface area contributed by atoms with Crippen LogP contribution in [0, 0.1) is 0 Å². The van der Waals surface area contributed by atoms with Gasteiger partial charge in [-0.1, -0.05) is 12.1 Å². The first kappa shape index (κ1) is 28.8. The highest BCUT2D eigenvalue weighted by Gasteiger charge is 2.35. The fourth-order valence-corrected chi connectivity index (χ4v) is 4.66. The number of hydrogen-bond donors (Lipinski definition) is 3. The number of halogens is 3. The number of morpholine rings is 1. The third kappa shape index (κ3) is 6.60. The summed E-state index contributed by atoms with van der Waals surface area (Å²) in [6.45, 7) is 5.14. The number of ether oxygens (including phenoxy) is 1. The summed E-state index contributed by atoms with van der Waals surface area (Å²) in [4.78, 5) is 36.1. The van der Waals surface area contributed by atoms with Crippen LogP contribution in [-0.4, -0.2) is 54.3 Å². The number of carbonyl (C=O) groups excluding carboxylic acids is 2. The van der Waals surface area contributed by atoms with E-state index in [0.717, 1.165) is 6.07 Å². The lowest BCUT2D eigenvalue weighted by molar-refractivity contribution is -0.137. The van der Waals surface area contributed by atoms with Crippen molar-refractivity contribution < 1.29 is 27.5 Å². The van der Waals surface area contributed by atoms with Gasteiger partial charge in [0.2, 0.25) is 0 Å². The number of fused-ring (bicyclic) bond motifs is 1. The van der Waals surface area contributed by atoms with Gasteiger partial charge in [0.25, 0.3) is 5.91 Å². The number of aromatic nitrogens is 2. The molecule has 2 aromatic heterocycles. The van der Waals surface area contributed by atoms with Gasteiger partial charge < -0.3 is 25.6 Å². The molecule has 0 aliphatic carbocycles. The number of rotatable bonds is 6. The van der Waals surface area contributed by atoms with Crippen molar-refractivity contribution in [2.45, 2.75) is 26.1 Å². The van der Waals surface area contributed by atoms with Crippen molar-refractivity contribution in [2.24, 2.45) is 0 Å². The first-order valence-corrected chi connectivity index (χ1v) is 13.4. The van der Waals surface area contributed by atoms with Gasteiger partial charge in [0.05, 0.1) is 35.6 Å². The van der Waals surface area contributed by atoms with E-state index in [0.29, 0.717) is 59.8 Å². The number of carbonyl (C=O) groups is 2. The zero-order valence-corrected chi connectivity index (χ0v) is 23.0. The number of anilines is 3. The van der Waals surface area contributed by atoms with Crippen molar-refractivity contribution in [1.82, 2.24) is 15.3 Å². The summed E-state index contributed by atoms with van der Waals surface area (Å²) in [6.07, 6.45) is -3.00. The molecular weight excluding hydrogens is 549 g/mol. The summed E-state index contributed by atoms with van der Waals surface area (Å²) in [5.74, 6) is -0.265. The number of benzene rings is 2. The van der Waals surface area contributed by atoms with Gasteiger partial charge in [0.15, 0.2) is 0 Å². The van der Waals surface area contributed by atoms with Gasteiger partial charge in [-0.05, 0) is 62.4 Å². The van der Waals surface area contributed by atoms with Gasteiger partial charge in [0.1, 0.15) is 5.52 Å². The number of alkyl halides is 3. The Morgan fingerprint density at radius 1 is 0.952 bits per heavy atom. The number of pyridine rings is 2. The molecule has 4 aromatic rings. The van der Waals surface area contributed by atoms with E-state index in [1.54, 1.807) is 53.6 Å². The van der Waals surface area contributed by atoms with E-state index in [1.807, 2.05) is 13.8 Å². The standard InChI is InChI=1S/C30H29F3N6O3/c1-18(2)35-28(40)22-17-25(38-24-4-3-11-34-27(22)24)19-5-7-20(8-6-19)36-29(41)37-21-9-10-26(23(16-21)30(31,32)33)39-12-14-42-15-13-39/h3-11,16-18H,12-15H2,1-2H3,(H,35,40)(H2,36,37,41). The smallest absolute Gasteiger partial charge is 0.378 e. The number of hydrogen-bond acceptors (Lipinski definition) is 6. The lowest BCUT2D eigenvalue weighted by Crippen LogP contribution is -2.37. The molecule has 1 aliphatic rings. The van der Waals surface area contributed by atoms with Gasteiger partial charge in [-0.15, -0.1) is 0 Å². The molecule has 1 fully saturated rings. The molecule has 2 aromatic carbocycles. The Hall–Kier alpha value is -4.71. The molecule has 0 atom stereocenters. The Bertz CT molecular complexity index is 1600. The van der Waals surface area contributed by atoms with E-state index < -0.39 is 17.8 Å². The predicted octanol–water partition coefficient (Wildman–Crippen LogP) is 5.93. The van der Waals surface area contributed by atoms with Crippen LogP contribution < -0.4 is 20.9 Å². The third-order valence-electron chi connectivity index (χ3n) is 6.58. The lowest BCUT2D eigenvalue weighted by Gasteiger charge is -2.31. The van der Waals surface area contributed by atoms with Crippen LogP contribution in [0.5, 0.6) is 0 Å². The van der Waals surface area contributed by atoms with Crippen LogP contribution in [0.15, 0.2) is 66.9 Å². The highest BCUT2D eigenvalue weighted by Crippen LogP contribution is 2.38. The maximum Gasteiger partial charge on any atom is 0.418 e. The average molecular weight is 579 g/mol. The van der Waals surface area contributed by atoms with Crippen LogP contribution in [0.25, 0.3) is 22.3 Å². The SMILES string of the molecule is CC(C)NC(=O)c1cc(-c2ccc(NC(=O)Nc3ccc(N4CCOCC4)c(C(F)(F)F)c3)cc2)nc2cccnc12. The van der Waals surface area contributed by atoms with Crippen molar-refractivity contribution in [2.75, 3.05) is 41.8 Å². The topological polar surface area (TPSA) is 108 Å². The van der Waals surface area contributed by atoms with Crippen molar-refractivity contribution in [3.05, 3.63) is 78.0 Å². The minimum absolute atomic E-state index is 0.00892. The van der Waals surface area contributed by atoms with E-state index >= 15 is 0 Å². The van der Waals surface area contributed by atoms with E-state index in [4.69, 9.17) is 4.74 Å². The second-order valence-electron chi connectivity index (χ2n) is 10.0. The molecule has 1 aliphatic heterocycles. The maximum absolute atomic E-state index is 13.8. The third-order valence-corrected chi connectivity index (χ3v) is 6.58. The molecule has 3 heterocycles. The van der Waals surface area contributed by atoms with Gasteiger partial charge in [0, 0.05) is 48.0 Å². The van der Waals surface area contributed by atoms with Crippen LogP contribution in [0.1, 0.15) is 29.8 Å².